The van der Waals surface area contributed by atoms with Crippen molar-refractivity contribution in [2.45, 2.75) is 13.0 Å². The summed E-state index contributed by atoms with van der Waals surface area (Å²) in [5.74, 6) is 1.59. The molecule has 28 heavy (non-hydrogen) atoms. The van der Waals surface area contributed by atoms with Crippen LogP contribution >= 0.6 is 0 Å². The van der Waals surface area contributed by atoms with Crippen molar-refractivity contribution in [1.82, 2.24) is 10.2 Å². The maximum Gasteiger partial charge on any atom is 0.234 e. The van der Waals surface area contributed by atoms with Gasteiger partial charge in [0, 0.05) is 13.1 Å². The van der Waals surface area contributed by atoms with E-state index in [9.17, 15) is 4.79 Å². The normalized spacial score (nSPS) is 17.1. The molecule has 0 spiro atoms. The zero-order chi connectivity index (χ0) is 19.6. The molecule has 0 aliphatic carbocycles. The van der Waals surface area contributed by atoms with Crippen LogP contribution in [0.15, 0.2) is 54.6 Å². The minimum atomic E-state index is 0.00371. The Hall–Kier alpha value is -2.57. The number of hydrogen-bond acceptors (Lipinski definition) is 5. The zero-order valence-corrected chi connectivity index (χ0v) is 16.3. The van der Waals surface area contributed by atoms with E-state index in [0.717, 1.165) is 30.2 Å². The second-order valence-corrected chi connectivity index (χ2v) is 6.61. The molecule has 1 saturated heterocycles. The average Bonchev–Trinajstić information content (AvgIpc) is 2.73. The summed E-state index contributed by atoms with van der Waals surface area (Å²) < 4.78 is 16.9. The number of nitrogens with zero attached hydrogens (tertiary/aromatic N) is 1. The van der Waals surface area contributed by atoms with Crippen LogP contribution in [0.25, 0.3) is 0 Å². The monoisotopic (exact) mass is 384 g/mol. The molecule has 1 aliphatic rings. The Kier molecular flexibility index (Phi) is 7.70. The van der Waals surface area contributed by atoms with Crippen LogP contribution in [-0.4, -0.2) is 56.8 Å². The first-order chi connectivity index (χ1) is 13.7. The highest BCUT2D eigenvalue weighted by Crippen LogP contribution is 2.21. The SMILES string of the molecule is CCOc1ccc(OCCNC(=O)CN2CCOC(c3ccccc3)C2)cc1. The topological polar surface area (TPSA) is 60.0 Å². The molecule has 0 bridgehead atoms. The summed E-state index contributed by atoms with van der Waals surface area (Å²) in [6, 6.07) is 17.6. The van der Waals surface area contributed by atoms with Crippen LogP contribution in [0.5, 0.6) is 11.5 Å². The predicted molar refractivity (Wildman–Crippen MR) is 108 cm³/mol. The van der Waals surface area contributed by atoms with Gasteiger partial charge >= 0.3 is 0 Å². The third-order valence-electron chi connectivity index (χ3n) is 4.52. The fraction of sp³-hybridized carbons (Fsp3) is 0.409. The minimum absolute atomic E-state index is 0.00371. The van der Waals surface area contributed by atoms with E-state index in [2.05, 4.69) is 22.3 Å². The lowest BCUT2D eigenvalue weighted by molar-refractivity contribution is -0.124. The molecule has 2 aromatic rings. The number of rotatable bonds is 9. The van der Waals surface area contributed by atoms with Crippen molar-refractivity contribution in [1.29, 1.82) is 0 Å². The summed E-state index contributed by atoms with van der Waals surface area (Å²) in [6.07, 6.45) is 0.0192. The molecule has 6 heteroatoms. The number of hydrogen-bond donors (Lipinski definition) is 1. The second-order valence-electron chi connectivity index (χ2n) is 6.61. The number of amides is 1. The van der Waals surface area contributed by atoms with Crippen molar-refractivity contribution >= 4 is 5.91 Å². The second kappa shape index (κ2) is 10.7. The van der Waals surface area contributed by atoms with E-state index < -0.39 is 0 Å². The molecule has 0 aromatic heterocycles. The molecular weight excluding hydrogens is 356 g/mol. The van der Waals surface area contributed by atoms with Crippen molar-refractivity contribution in [2.24, 2.45) is 0 Å². The largest absolute Gasteiger partial charge is 0.494 e. The number of morpholine rings is 1. The summed E-state index contributed by atoms with van der Waals surface area (Å²) in [4.78, 5) is 14.3. The van der Waals surface area contributed by atoms with Gasteiger partial charge in [-0.3, -0.25) is 9.69 Å². The Balaban J connectivity index is 1.35. The van der Waals surface area contributed by atoms with Crippen LogP contribution in [0.2, 0.25) is 0 Å². The molecule has 1 aliphatic heterocycles. The van der Waals surface area contributed by atoms with Crippen LogP contribution in [0.4, 0.5) is 0 Å². The van der Waals surface area contributed by atoms with Crippen molar-refractivity contribution in [2.75, 3.05) is 46.0 Å². The van der Waals surface area contributed by atoms with Gasteiger partial charge in [0.05, 0.1) is 32.4 Å². The fourth-order valence-corrected chi connectivity index (χ4v) is 3.13. The molecule has 6 nitrogen and oxygen atoms in total. The number of ether oxygens (including phenoxy) is 3. The zero-order valence-electron chi connectivity index (χ0n) is 16.3. The Morgan fingerprint density at radius 1 is 1.11 bits per heavy atom. The first kappa shape index (κ1) is 20.2. The molecule has 1 unspecified atom stereocenters. The predicted octanol–water partition coefficient (Wildman–Crippen LogP) is 2.65. The lowest BCUT2D eigenvalue weighted by atomic mass is 10.1. The number of carbonyl (C=O) groups excluding carboxylic acids is 1. The third-order valence-corrected chi connectivity index (χ3v) is 4.52. The quantitative estimate of drug-likeness (QED) is 0.674. The summed E-state index contributed by atoms with van der Waals surface area (Å²) in [6.45, 7) is 5.98. The molecule has 1 heterocycles. The average molecular weight is 384 g/mol. The van der Waals surface area contributed by atoms with E-state index in [4.69, 9.17) is 14.2 Å². The van der Waals surface area contributed by atoms with E-state index >= 15 is 0 Å². The van der Waals surface area contributed by atoms with Gasteiger partial charge in [0.15, 0.2) is 0 Å². The first-order valence-electron chi connectivity index (χ1n) is 9.76. The third kappa shape index (κ3) is 6.25. The number of nitrogens with one attached hydrogen (secondary N) is 1. The van der Waals surface area contributed by atoms with Gasteiger partial charge in [0.25, 0.3) is 0 Å². The number of benzene rings is 2. The van der Waals surface area contributed by atoms with Gasteiger partial charge in [0.1, 0.15) is 18.1 Å². The van der Waals surface area contributed by atoms with Crippen molar-refractivity contribution in [3.8, 4) is 11.5 Å². The molecule has 3 rings (SSSR count). The van der Waals surface area contributed by atoms with Gasteiger partial charge in [-0.25, -0.2) is 0 Å². The fourth-order valence-electron chi connectivity index (χ4n) is 3.13. The standard InChI is InChI=1S/C22H28N2O4/c1-2-26-19-8-10-20(11-9-19)27-14-12-23-22(25)17-24-13-15-28-21(16-24)18-6-4-3-5-7-18/h3-11,21H,2,12-17H2,1H3,(H,23,25). The van der Waals surface area contributed by atoms with Gasteiger partial charge in [-0.2, -0.15) is 0 Å². The molecule has 2 aromatic carbocycles. The van der Waals surface area contributed by atoms with Gasteiger partial charge in [-0.15, -0.1) is 0 Å². The van der Waals surface area contributed by atoms with E-state index in [1.807, 2.05) is 49.4 Å². The molecular formula is C22H28N2O4. The van der Waals surface area contributed by atoms with E-state index in [-0.39, 0.29) is 12.0 Å². The van der Waals surface area contributed by atoms with Gasteiger partial charge < -0.3 is 19.5 Å². The maximum atomic E-state index is 12.2. The van der Waals surface area contributed by atoms with Gasteiger partial charge in [-0.05, 0) is 36.8 Å². The van der Waals surface area contributed by atoms with Crippen LogP contribution in [-0.2, 0) is 9.53 Å². The molecule has 1 amide bonds. The Labute approximate surface area is 166 Å². The summed E-state index contributed by atoms with van der Waals surface area (Å²) in [5.41, 5.74) is 1.15. The van der Waals surface area contributed by atoms with Crippen LogP contribution in [0, 0.1) is 0 Å². The molecule has 1 N–H and O–H groups in total. The van der Waals surface area contributed by atoms with Crippen molar-refractivity contribution in [3.05, 3.63) is 60.2 Å². The molecule has 0 radical (unpaired) electrons. The lowest BCUT2D eigenvalue weighted by Crippen LogP contribution is -2.44. The Bertz CT molecular complexity index is 721. The Morgan fingerprint density at radius 3 is 2.54 bits per heavy atom. The van der Waals surface area contributed by atoms with Crippen molar-refractivity contribution < 1.29 is 19.0 Å². The molecule has 150 valence electrons. The highest BCUT2D eigenvalue weighted by molar-refractivity contribution is 5.78. The van der Waals surface area contributed by atoms with E-state index in [1.54, 1.807) is 0 Å². The Morgan fingerprint density at radius 2 is 1.82 bits per heavy atom. The molecule has 0 saturated carbocycles. The summed E-state index contributed by atoms with van der Waals surface area (Å²) in [7, 11) is 0. The van der Waals surface area contributed by atoms with Gasteiger partial charge in [0.2, 0.25) is 5.91 Å². The lowest BCUT2D eigenvalue weighted by Gasteiger charge is -2.32. The van der Waals surface area contributed by atoms with Crippen LogP contribution in [0.1, 0.15) is 18.6 Å². The van der Waals surface area contributed by atoms with Gasteiger partial charge in [-0.1, -0.05) is 30.3 Å². The highest BCUT2D eigenvalue weighted by atomic mass is 16.5. The first-order valence-corrected chi connectivity index (χ1v) is 9.76. The van der Waals surface area contributed by atoms with Crippen molar-refractivity contribution in [3.63, 3.8) is 0 Å². The molecule has 1 atom stereocenters. The summed E-state index contributed by atoms with van der Waals surface area (Å²) >= 11 is 0. The number of carbonyl (C=O) groups is 1. The molecule has 1 fully saturated rings. The summed E-state index contributed by atoms with van der Waals surface area (Å²) in [5, 5.41) is 2.92. The van der Waals surface area contributed by atoms with E-state index in [0.29, 0.717) is 32.9 Å². The maximum absolute atomic E-state index is 12.2. The smallest absolute Gasteiger partial charge is 0.234 e. The highest BCUT2D eigenvalue weighted by Gasteiger charge is 2.23. The van der Waals surface area contributed by atoms with Crippen LogP contribution < -0.4 is 14.8 Å². The van der Waals surface area contributed by atoms with E-state index in [1.165, 1.54) is 0 Å². The van der Waals surface area contributed by atoms with Crippen LogP contribution in [0.3, 0.4) is 0 Å². The minimum Gasteiger partial charge on any atom is -0.494 e.